The first kappa shape index (κ1) is 24.3. The van der Waals surface area contributed by atoms with Gasteiger partial charge < -0.3 is 16.0 Å². The Bertz CT molecular complexity index is 1530. The summed E-state index contributed by atoms with van der Waals surface area (Å²) in [6, 6.07) is 19.4. The van der Waals surface area contributed by atoms with Crippen LogP contribution in [-0.4, -0.2) is 21.6 Å². The lowest BCUT2D eigenvalue weighted by Crippen LogP contribution is -2.32. The molecule has 186 valence electrons. The second kappa shape index (κ2) is 9.91. The number of carbonyl (C=O) groups is 2. The molecular weight excluding hydrogens is 493 g/mol. The number of hydrogen-bond acceptors (Lipinski definition) is 4. The van der Waals surface area contributed by atoms with Gasteiger partial charge in [-0.05, 0) is 56.3 Å². The highest BCUT2D eigenvalue weighted by Gasteiger charge is 2.36. The van der Waals surface area contributed by atoms with Gasteiger partial charge in [0.25, 0.3) is 11.8 Å². The molecule has 3 N–H and O–H groups in total. The number of aryl methyl sites for hydroxylation is 1. The topological polar surface area (TPSA) is 88.0 Å². The molecule has 0 saturated carbocycles. The smallest absolute Gasteiger partial charge is 0.261 e. The fourth-order valence-corrected chi connectivity index (χ4v) is 4.39. The van der Waals surface area contributed by atoms with Gasteiger partial charge >= 0.3 is 0 Å². The normalized spacial score (nSPS) is 14.5. The van der Waals surface area contributed by atoms with Crippen molar-refractivity contribution >= 4 is 40.6 Å². The molecule has 1 atom stereocenters. The van der Waals surface area contributed by atoms with Crippen molar-refractivity contribution in [1.29, 1.82) is 0 Å². The minimum Gasteiger partial charge on any atom is -0.343 e. The zero-order chi connectivity index (χ0) is 26.1. The molecular formula is C28H23ClFN5O2. The van der Waals surface area contributed by atoms with Crippen molar-refractivity contribution in [1.82, 2.24) is 9.78 Å². The summed E-state index contributed by atoms with van der Waals surface area (Å²) in [6.07, 6.45) is 1.41. The lowest BCUT2D eigenvalue weighted by Gasteiger charge is -2.30. The minimum atomic E-state index is -0.911. The molecule has 1 aromatic heterocycles. The Morgan fingerprint density at radius 2 is 1.54 bits per heavy atom. The number of nitrogens with one attached hydrogen (secondary N) is 3. The summed E-state index contributed by atoms with van der Waals surface area (Å²) in [5.74, 6) is -0.955. The maximum atomic E-state index is 15.1. The number of anilines is 3. The predicted molar refractivity (Wildman–Crippen MR) is 142 cm³/mol. The predicted octanol–water partition coefficient (Wildman–Crippen LogP) is 6.16. The van der Waals surface area contributed by atoms with Crippen molar-refractivity contribution in [3.63, 3.8) is 0 Å². The van der Waals surface area contributed by atoms with Crippen molar-refractivity contribution in [2.75, 3.05) is 16.0 Å². The number of benzene rings is 3. The van der Waals surface area contributed by atoms with Gasteiger partial charge in [-0.2, -0.15) is 5.10 Å². The summed E-state index contributed by atoms with van der Waals surface area (Å²) in [4.78, 5) is 26.6. The second-order valence-electron chi connectivity index (χ2n) is 8.72. The quantitative estimate of drug-likeness (QED) is 0.297. The molecule has 1 aliphatic heterocycles. The maximum absolute atomic E-state index is 15.1. The highest BCUT2D eigenvalue weighted by molar-refractivity contribution is 6.30. The molecule has 0 bridgehead atoms. The Labute approximate surface area is 218 Å². The number of halogens is 2. The van der Waals surface area contributed by atoms with E-state index < -0.39 is 17.8 Å². The van der Waals surface area contributed by atoms with Crippen LogP contribution in [0.3, 0.4) is 0 Å². The van der Waals surface area contributed by atoms with Crippen molar-refractivity contribution in [2.24, 2.45) is 0 Å². The van der Waals surface area contributed by atoms with E-state index in [9.17, 15) is 9.59 Å². The van der Waals surface area contributed by atoms with E-state index in [2.05, 4.69) is 21.0 Å². The Morgan fingerprint density at radius 1 is 0.919 bits per heavy atom. The Morgan fingerprint density at radius 3 is 2.22 bits per heavy atom. The molecule has 0 aliphatic carbocycles. The SMILES string of the molecule is CC1=C(C(=O)Nc2ccc(Cl)cc2)[C@H](c2ccccc2F)n2ncc(C(=O)Nc3ccc(C)cc3)c2N1. The molecule has 3 aromatic carbocycles. The van der Waals surface area contributed by atoms with Crippen LogP contribution in [-0.2, 0) is 4.79 Å². The monoisotopic (exact) mass is 515 g/mol. The fourth-order valence-electron chi connectivity index (χ4n) is 4.27. The summed E-state index contributed by atoms with van der Waals surface area (Å²) < 4.78 is 16.5. The molecule has 0 fully saturated rings. The van der Waals surface area contributed by atoms with Gasteiger partial charge in [0, 0.05) is 27.7 Å². The third kappa shape index (κ3) is 4.83. The molecule has 37 heavy (non-hydrogen) atoms. The van der Waals surface area contributed by atoms with Crippen LogP contribution in [0.1, 0.15) is 34.5 Å². The van der Waals surface area contributed by atoms with E-state index in [0.29, 0.717) is 27.9 Å². The number of allylic oxidation sites excluding steroid dienone is 1. The van der Waals surface area contributed by atoms with Crippen LogP contribution < -0.4 is 16.0 Å². The lowest BCUT2D eigenvalue weighted by atomic mass is 9.94. The van der Waals surface area contributed by atoms with Gasteiger partial charge in [0.2, 0.25) is 0 Å². The summed E-state index contributed by atoms with van der Waals surface area (Å²) in [5, 5.41) is 13.8. The third-order valence-corrected chi connectivity index (χ3v) is 6.38. The molecule has 2 heterocycles. The highest BCUT2D eigenvalue weighted by Crippen LogP contribution is 2.38. The van der Waals surface area contributed by atoms with Crippen molar-refractivity contribution in [3.8, 4) is 0 Å². The lowest BCUT2D eigenvalue weighted by molar-refractivity contribution is -0.113. The highest BCUT2D eigenvalue weighted by atomic mass is 35.5. The van der Waals surface area contributed by atoms with E-state index in [1.807, 2.05) is 31.2 Å². The maximum Gasteiger partial charge on any atom is 0.261 e. The number of hydrogen-bond donors (Lipinski definition) is 3. The fraction of sp³-hybridized carbons (Fsp3) is 0.107. The van der Waals surface area contributed by atoms with E-state index >= 15 is 4.39 Å². The van der Waals surface area contributed by atoms with Gasteiger partial charge in [-0.3, -0.25) is 9.59 Å². The third-order valence-electron chi connectivity index (χ3n) is 6.12. The van der Waals surface area contributed by atoms with Gasteiger partial charge in [0.05, 0.1) is 11.8 Å². The molecule has 1 aliphatic rings. The zero-order valence-corrected chi connectivity index (χ0v) is 20.8. The average Bonchev–Trinajstić information content (AvgIpc) is 3.30. The van der Waals surface area contributed by atoms with Gasteiger partial charge in [-0.1, -0.05) is 47.5 Å². The van der Waals surface area contributed by atoms with Crippen LogP contribution in [0, 0.1) is 12.7 Å². The summed E-state index contributed by atoms with van der Waals surface area (Å²) in [7, 11) is 0. The summed E-state index contributed by atoms with van der Waals surface area (Å²) in [5.41, 5.74) is 3.48. The molecule has 7 nitrogen and oxygen atoms in total. The van der Waals surface area contributed by atoms with Gasteiger partial charge in [0.1, 0.15) is 23.2 Å². The standard InChI is InChI=1S/C28H23ClFN5O2/c1-16-7-11-19(12-8-16)33-27(36)22-15-31-35-25(21-5-3-4-6-23(21)30)24(17(2)32-26(22)35)28(37)34-20-13-9-18(29)10-14-20/h3-15,25,32H,1-2H3,(H,33,36)(H,34,37)/t25-/m0/s1. The van der Waals surface area contributed by atoms with E-state index in [0.717, 1.165) is 5.56 Å². The van der Waals surface area contributed by atoms with E-state index in [4.69, 9.17) is 11.6 Å². The molecule has 5 rings (SSSR count). The average molecular weight is 516 g/mol. The number of carbonyl (C=O) groups excluding carboxylic acids is 2. The molecule has 0 unspecified atom stereocenters. The van der Waals surface area contributed by atoms with Gasteiger partial charge in [-0.25, -0.2) is 9.07 Å². The van der Waals surface area contributed by atoms with E-state index in [-0.39, 0.29) is 22.6 Å². The summed E-state index contributed by atoms with van der Waals surface area (Å²) in [6.45, 7) is 3.67. The van der Waals surface area contributed by atoms with Crippen molar-refractivity contribution < 1.29 is 14.0 Å². The molecule has 0 radical (unpaired) electrons. The Balaban J connectivity index is 1.54. The zero-order valence-electron chi connectivity index (χ0n) is 20.0. The van der Waals surface area contributed by atoms with Crippen LogP contribution in [0.25, 0.3) is 0 Å². The van der Waals surface area contributed by atoms with Crippen LogP contribution in [0.15, 0.2) is 90.3 Å². The number of amides is 2. The summed E-state index contributed by atoms with van der Waals surface area (Å²) >= 11 is 5.96. The van der Waals surface area contributed by atoms with E-state index in [1.54, 1.807) is 49.4 Å². The molecule has 2 amide bonds. The van der Waals surface area contributed by atoms with Crippen LogP contribution in [0.2, 0.25) is 5.02 Å². The van der Waals surface area contributed by atoms with Crippen LogP contribution in [0.4, 0.5) is 21.6 Å². The Kier molecular flexibility index (Phi) is 6.50. The van der Waals surface area contributed by atoms with E-state index in [1.165, 1.54) is 16.9 Å². The van der Waals surface area contributed by atoms with Crippen LogP contribution >= 0.6 is 11.6 Å². The molecule has 0 spiro atoms. The first-order valence-corrected chi connectivity index (χ1v) is 11.9. The van der Waals surface area contributed by atoms with Crippen molar-refractivity contribution in [3.05, 3.63) is 118 Å². The van der Waals surface area contributed by atoms with Crippen molar-refractivity contribution in [2.45, 2.75) is 19.9 Å². The minimum absolute atomic E-state index is 0.249. The van der Waals surface area contributed by atoms with Crippen LogP contribution in [0.5, 0.6) is 0 Å². The largest absolute Gasteiger partial charge is 0.343 e. The molecule has 9 heteroatoms. The van der Waals surface area contributed by atoms with Gasteiger partial charge in [-0.15, -0.1) is 0 Å². The molecule has 0 saturated heterocycles. The van der Waals surface area contributed by atoms with Gasteiger partial charge in [0.15, 0.2) is 0 Å². The first-order valence-electron chi connectivity index (χ1n) is 11.6. The Hall–Kier alpha value is -4.43. The molecule has 4 aromatic rings. The first-order chi connectivity index (χ1) is 17.8. The number of nitrogens with zero attached hydrogens (tertiary/aromatic N) is 2. The number of fused-ring (bicyclic) bond motifs is 1. The second-order valence-corrected chi connectivity index (χ2v) is 9.16. The number of rotatable bonds is 5. The number of aromatic nitrogens is 2.